The SMILES string of the molecule is CCCCNc1ccc(OC)c(OCC)c1. The van der Waals surface area contributed by atoms with Crippen molar-refractivity contribution in [3.8, 4) is 11.5 Å². The lowest BCUT2D eigenvalue weighted by molar-refractivity contribution is 0.311. The van der Waals surface area contributed by atoms with Gasteiger partial charge in [0, 0.05) is 18.3 Å². The number of methoxy groups -OCH3 is 1. The Bertz CT molecular complexity index is 313. The van der Waals surface area contributed by atoms with Gasteiger partial charge in [0.2, 0.25) is 0 Å². The third-order valence-electron chi connectivity index (χ3n) is 2.32. The Hall–Kier alpha value is -1.38. The van der Waals surface area contributed by atoms with E-state index in [0.29, 0.717) is 6.61 Å². The van der Waals surface area contributed by atoms with Crippen LogP contribution in [0.25, 0.3) is 0 Å². The summed E-state index contributed by atoms with van der Waals surface area (Å²) in [5, 5.41) is 3.36. The average molecular weight is 223 g/mol. The van der Waals surface area contributed by atoms with Crippen LogP contribution in [0.15, 0.2) is 18.2 Å². The van der Waals surface area contributed by atoms with Crippen molar-refractivity contribution in [2.24, 2.45) is 0 Å². The van der Waals surface area contributed by atoms with Crippen LogP contribution in [-0.4, -0.2) is 20.3 Å². The van der Waals surface area contributed by atoms with Gasteiger partial charge in [0.25, 0.3) is 0 Å². The van der Waals surface area contributed by atoms with Crippen LogP contribution < -0.4 is 14.8 Å². The van der Waals surface area contributed by atoms with Crippen molar-refractivity contribution in [1.82, 2.24) is 0 Å². The number of hydrogen-bond acceptors (Lipinski definition) is 3. The van der Waals surface area contributed by atoms with Crippen molar-refractivity contribution in [1.29, 1.82) is 0 Å². The first-order valence-corrected chi connectivity index (χ1v) is 5.86. The number of hydrogen-bond donors (Lipinski definition) is 1. The van der Waals surface area contributed by atoms with Crippen LogP contribution in [0.4, 0.5) is 5.69 Å². The molecule has 0 aliphatic carbocycles. The number of nitrogens with one attached hydrogen (secondary N) is 1. The highest BCUT2D eigenvalue weighted by atomic mass is 16.5. The summed E-state index contributed by atoms with van der Waals surface area (Å²) in [6, 6.07) is 5.92. The second kappa shape index (κ2) is 6.99. The molecule has 0 atom stereocenters. The lowest BCUT2D eigenvalue weighted by Crippen LogP contribution is -2.02. The van der Waals surface area contributed by atoms with Gasteiger partial charge in [0.05, 0.1) is 13.7 Å². The zero-order valence-corrected chi connectivity index (χ0v) is 10.4. The molecule has 0 unspecified atom stereocenters. The molecule has 0 amide bonds. The quantitative estimate of drug-likeness (QED) is 0.719. The monoisotopic (exact) mass is 223 g/mol. The Kier molecular flexibility index (Phi) is 5.54. The van der Waals surface area contributed by atoms with Crippen LogP contribution >= 0.6 is 0 Å². The van der Waals surface area contributed by atoms with Crippen LogP contribution in [0.2, 0.25) is 0 Å². The molecule has 0 fully saturated rings. The molecule has 0 heterocycles. The summed E-state index contributed by atoms with van der Waals surface area (Å²) in [4.78, 5) is 0. The van der Waals surface area contributed by atoms with Gasteiger partial charge in [-0.1, -0.05) is 13.3 Å². The Morgan fingerprint density at radius 1 is 1.19 bits per heavy atom. The van der Waals surface area contributed by atoms with E-state index >= 15 is 0 Å². The summed E-state index contributed by atoms with van der Waals surface area (Å²) in [5.74, 6) is 1.58. The lowest BCUT2D eigenvalue weighted by Gasteiger charge is -2.12. The van der Waals surface area contributed by atoms with Crippen molar-refractivity contribution in [2.75, 3.05) is 25.6 Å². The molecule has 16 heavy (non-hydrogen) atoms. The molecule has 0 aliphatic rings. The minimum Gasteiger partial charge on any atom is -0.493 e. The molecule has 0 aliphatic heterocycles. The van der Waals surface area contributed by atoms with Gasteiger partial charge in [-0.3, -0.25) is 0 Å². The molecule has 1 aromatic rings. The highest BCUT2D eigenvalue weighted by molar-refractivity contribution is 5.54. The molecule has 3 nitrogen and oxygen atoms in total. The highest BCUT2D eigenvalue weighted by Crippen LogP contribution is 2.30. The van der Waals surface area contributed by atoms with E-state index in [2.05, 4.69) is 12.2 Å². The maximum Gasteiger partial charge on any atom is 0.163 e. The highest BCUT2D eigenvalue weighted by Gasteiger charge is 2.04. The van der Waals surface area contributed by atoms with Crippen LogP contribution in [-0.2, 0) is 0 Å². The third-order valence-corrected chi connectivity index (χ3v) is 2.32. The van der Waals surface area contributed by atoms with Gasteiger partial charge in [0.15, 0.2) is 11.5 Å². The molecule has 0 saturated heterocycles. The summed E-state index contributed by atoms with van der Waals surface area (Å²) >= 11 is 0. The van der Waals surface area contributed by atoms with E-state index in [1.807, 2.05) is 25.1 Å². The van der Waals surface area contributed by atoms with Crippen LogP contribution in [0, 0.1) is 0 Å². The molecule has 1 aromatic carbocycles. The molecule has 0 bridgehead atoms. The topological polar surface area (TPSA) is 30.5 Å². The number of unbranched alkanes of at least 4 members (excludes halogenated alkanes) is 1. The Balaban J connectivity index is 2.68. The van der Waals surface area contributed by atoms with E-state index in [0.717, 1.165) is 23.7 Å². The normalized spacial score (nSPS) is 9.94. The maximum atomic E-state index is 5.51. The number of benzene rings is 1. The van der Waals surface area contributed by atoms with E-state index in [-0.39, 0.29) is 0 Å². The zero-order chi connectivity index (χ0) is 11.8. The summed E-state index contributed by atoms with van der Waals surface area (Å²) in [7, 11) is 1.65. The molecular formula is C13H21NO2. The zero-order valence-electron chi connectivity index (χ0n) is 10.4. The van der Waals surface area contributed by atoms with Gasteiger partial charge in [-0.15, -0.1) is 0 Å². The van der Waals surface area contributed by atoms with Gasteiger partial charge in [0.1, 0.15) is 0 Å². The fourth-order valence-electron chi connectivity index (χ4n) is 1.46. The predicted molar refractivity (Wildman–Crippen MR) is 67.6 cm³/mol. The number of ether oxygens (including phenoxy) is 2. The molecule has 90 valence electrons. The van der Waals surface area contributed by atoms with Gasteiger partial charge in [-0.2, -0.15) is 0 Å². The van der Waals surface area contributed by atoms with Crippen molar-refractivity contribution >= 4 is 5.69 Å². The first-order chi connectivity index (χ1) is 7.81. The van der Waals surface area contributed by atoms with Gasteiger partial charge in [-0.05, 0) is 25.5 Å². The van der Waals surface area contributed by atoms with E-state index < -0.39 is 0 Å². The number of anilines is 1. The van der Waals surface area contributed by atoms with E-state index in [1.54, 1.807) is 7.11 Å². The first kappa shape index (κ1) is 12.7. The Morgan fingerprint density at radius 3 is 2.62 bits per heavy atom. The molecule has 0 aromatic heterocycles. The van der Waals surface area contributed by atoms with E-state index in [1.165, 1.54) is 12.8 Å². The molecule has 0 radical (unpaired) electrons. The van der Waals surface area contributed by atoms with Crippen LogP contribution in [0.1, 0.15) is 26.7 Å². The first-order valence-electron chi connectivity index (χ1n) is 5.86. The summed E-state index contributed by atoms with van der Waals surface area (Å²) in [6.45, 7) is 5.79. The summed E-state index contributed by atoms with van der Waals surface area (Å²) in [6.07, 6.45) is 2.37. The van der Waals surface area contributed by atoms with Gasteiger partial charge >= 0.3 is 0 Å². The summed E-state index contributed by atoms with van der Waals surface area (Å²) in [5.41, 5.74) is 1.08. The maximum absolute atomic E-state index is 5.51. The fraction of sp³-hybridized carbons (Fsp3) is 0.538. The van der Waals surface area contributed by atoms with Gasteiger partial charge < -0.3 is 14.8 Å². The Labute approximate surface area is 97.8 Å². The largest absolute Gasteiger partial charge is 0.493 e. The second-order valence-corrected chi connectivity index (χ2v) is 3.58. The van der Waals surface area contributed by atoms with Crippen molar-refractivity contribution in [2.45, 2.75) is 26.7 Å². The molecule has 0 saturated carbocycles. The van der Waals surface area contributed by atoms with Crippen molar-refractivity contribution in [3.63, 3.8) is 0 Å². The van der Waals surface area contributed by atoms with E-state index in [4.69, 9.17) is 9.47 Å². The summed E-state index contributed by atoms with van der Waals surface area (Å²) < 4.78 is 10.7. The van der Waals surface area contributed by atoms with E-state index in [9.17, 15) is 0 Å². The minimum absolute atomic E-state index is 0.648. The average Bonchev–Trinajstić information content (AvgIpc) is 2.30. The fourth-order valence-corrected chi connectivity index (χ4v) is 1.46. The third kappa shape index (κ3) is 3.65. The molecular weight excluding hydrogens is 202 g/mol. The van der Waals surface area contributed by atoms with Gasteiger partial charge in [-0.25, -0.2) is 0 Å². The molecule has 1 N–H and O–H groups in total. The Morgan fingerprint density at radius 2 is 2.00 bits per heavy atom. The number of rotatable bonds is 7. The molecule has 3 heteroatoms. The smallest absolute Gasteiger partial charge is 0.163 e. The predicted octanol–water partition coefficient (Wildman–Crippen LogP) is 3.31. The van der Waals surface area contributed by atoms with Crippen LogP contribution in [0.5, 0.6) is 11.5 Å². The van der Waals surface area contributed by atoms with Crippen LogP contribution in [0.3, 0.4) is 0 Å². The standard InChI is InChI=1S/C13H21NO2/c1-4-6-9-14-11-7-8-12(15-3)13(10-11)16-5-2/h7-8,10,14H,4-6,9H2,1-3H3. The van der Waals surface area contributed by atoms with Crippen molar-refractivity contribution < 1.29 is 9.47 Å². The second-order valence-electron chi connectivity index (χ2n) is 3.58. The molecule has 0 spiro atoms. The minimum atomic E-state index is 0.648. The molecule has 1 rings (SSSR count). The van der Waals surface area contributed by atoms with Crippen molar-refractivity contribution in [3.05, 3.63) is 18.2 Å². The lowest BCUT2D eigenvalue weighted by atomic mass is 10.2.